The van der Waals surface area contributed by atoms with E-state index in [1.54, 1.807) is 36.4 Å². The minimum atomic E-state index is -0.351. The Hall–Kier alpha value is -2.87. The van der Waals surface area contributed by atoms with Gasteiger partial charge in [0.05, 0.1) is 0 Å². The van der Waals surface area contributed by atoms with Gasteiger partial charge in [0.25, 0.3) is 0 Å². The van der Waals surface area contributed by atoms with Crippen molar-refractivity contribution in [2.45, 2.75) is 6.92 Å². The molecule has 1 heterocycles. The van der Waals surface area contributed by atoms with E-state index >= 15 is 0 Å². The summed E-state index contributed by atoms with van der Waals surface area (Å²) in [7, 11) is 0. The number of hydrogen-bond donors (Lipinski definition) is 1. The maximum absolute atomic E-state index is 10.8. The molecule has 5 nitrogen and oxygen atoms in total. The summed E-state index contributed by atoms with van der Waals surface area (Å²) in [6, 6.07) is 10.2. The summed E-state index contributed by atoms with van der Waals surface area (Å²) in [5, 5.41) is 7.54. The molecule has 1 aromatic carbocycles. The van der Waals surface area contributed by atoms with Crippen LogP contribution >= 0.6 is 0 Å². The zero-order chi connectivity index (χ0) is 13.7. The van der Waals surface area contributed by atoms with Gasteiger partial charge >= 0.3 is 5.97 Å². The number of carbonyl (C=O) groups excluding carboxylic acids is 1. The first-order chi connectivity index (χ1) is 9.13. The van der Waals surface area contributed by atoms with Gasteiger partial charge in [-0.25, -0.2) is 0 Å². The van der Waals surface area contributed by atoms with Crippen LogP contribution in [0.2, 0.25) is 0 Å². The van der Waals surface area contributed by atoms with Crippen molar-refractivity contribution in [1.29, 1.82) is 0 Å². The average molecular weight is 253 g/mol. The van der Waals surface area contributed by atoms with E-state index in [4.69, 9.17) is 10.5 Å². The lowest BCUT2D eigenvalue weighted by atomic mass is 10.2. The van der Waals surface area contributed by atoms with Gasteiger partial charge in [0.1, 0.15) is 17.3 Å². The highest BCUT2D eigenvalue weighted by molar-refractivity contribution is 5.69. The first kappa shape index (κ1) is 12.6. The molecule has 2 aromatic rings. The molecule has 0 saturated heterocycles. The van der Waals surface area contributed by atoms with Crippen LogP contribution in [0.4, 0.5) is 5.82 Å². The number of nitrogens with two attached hydrogens (primary N) is 1. The predicted octanol–water partition coefficient (Wildman–Crippen LogP) is 1.38. The molecule has 19 heavy (non-hydrogen) atoms. The van der Waals surface area contributed by atoms with Crippen molar-refractivity contribution in [2.24, 2.45) is 0 Å². The topological polar surface area (TPSA) is 78.1 Å². The second-order valence-electron chi connectivity index (χ2n) is 3.71. The molecular formula is C14H11N3O2. The Morgan fingerprint density at radius 1 is 1.11 bits per heavy atom. The first-order valence-electron chi connectivity index (χ1n) is 5.53. The molecule has 0 unspecified atom stereocenters. The van der Waals surface area contributed by atoms with Crippen LogP contribution < -0.4 is 10.5 Å². The number of aromatic nitrogens is 2. The normalized spacial score (nSPS) is 9.32. The first-order valence-corrected chi connectivity index (χ1v) is 5.53. The fourth-order valence-corrected chi connectivity index (χ4v) is 1.32. The van der Waals surface area contributed by atoms with Crippen molar-refractivity contribution in [3.63, 3.8) is 0 Å². The highest BCUT2D eigenvalue weighted by atomic mass is 16.5. The van der Waals surface area contributed by atoms with Crippen LogP contribution in [0.5, 0.6) is 5.75 Å². The number of carbonyl (C=O) groups is 1. The highest BCUT2D eigenvalue weighted by Gasteiger charge is 1.96. The van der Waals surface area contributed by atoms with Crippen molar-refractivity contribution in [3.05, 3.63) is 47.7 Å². The van der Waals surface area contributed by atoms with E-state index in [-0.39, 0.29) is 5.97 Å². The minimum Gasteiger partial charge on any atom is -0.427 e. The maximum Gasteiger partial charge on any atom is 0.308 e. The third kappa shape index (κ3) is 3.82. The Morgan fingerprint density at radius 3 is 2.42 bits per heavy atom. The number of nitrogens with zero attached hydrogens (tertiary/aromatic N) is 2. The van der Waals surface area contributed by atoms with Gasteiger partial charge in [-0.3, -0.25) is 4.79 Å². The van der Waals surface area contributed by atoms with Crippen LogP contribution in [0.15, 0.2) is 36.4 Å². The Kier molecular flexibility index (Phi) is 3.74. The van der Waals surface area contributed by atoms with Gasteiger partial charge in [-0.05, 0) is 42.3 Å². The Morgan fingerprint density at radius 2 is 1.84 bits per heavy atom. The van der Waals surface area contributed by atoms with E-state index in [0.29, 0.717) is 17.3 Å². The Bertz CT molecular complexity index is 637. The number of ether oxygens (including phenoxy) is 1. The molecule has 94 valence electrons. The largest absolute Gasteiger partial charge is 0.427 e. The third-order valence-corrected chi connectivity index (χ3v) is 2.14. The number of hydrogen-bond acceptors (Lipinski definition) is 5. The summed E-state index contributed by atoms with van der Waals surface area (Å²) >= 11 is 0. The smallest absolute Gasteiger partial charge is 0.308 e. The zero-order valence-electron chi connectivity index (χ0n) is 10.3. The van der Waals surface area contributed by atoms with E-state index in [0.717, 1.165) is 5.56 Å². The van der Waals surface area contributed by atoms with Gasteiger partial charge in [-0.15, -0.1) is 10.2 Å². The third-order valence-electron chi connectivity index (χ3n) is 2.14. The number of nitrogen functional groups attached to an aromatic ring is 1. The Balaban J connectivity index is 2.11. The molecule has 1 aromatic heterocycles. The lowest BCUT2D eigenvalue weighted by molar-refractivity contribution is -0.131. The number of anilines is 1. The van der Waals surface area contributed by atoms with Crippen LogP contribution in [0.3, 0.4) is 0 Å². The van der Waals surface area contributed by atoms with Gasteiger partial charge in [0.2, 0.25) is 0 Å². The molecule has 0 saturated carbocycles. The van der Waals surface area contributed by atoms with Crippen LogP contribution in [-0.2, 0) is 4.79 Å². The van der Waals surface area contributed by atoms with Crippen molar-refractivity contribution >= 4 is 11.8 Å². The van der Waals surface area contributed by atoms with Gasteiger partial charge in [0.15, 0.2) is 0 Å². The lowest BCUT2D eigenvalue weighted by Gasteiger charge is -1.99. The van der Waals surface area contributed by atoms with Crippen LogP contribution in [0, 0.1) is 11.8 Å². The van der Waals surface area contributed by atoms with Gasteiger partial charge in [-0.1, -0.05) is 5.92 Å². The summed E-state index contributed by atoms with van der Waals surface area (Å²) in [5.74, 6) is 6.29. The van der Waals surface area contributed by atoms with Crippen LogP contribution in [0.1, 0.15) is 18.2 Å². The van der Waals surface area contributed by atoms with Crippen molar-refractivity contribution in [1.82, 2.24) is 10.2 Å². The summed E-state index contributed by atoms with van der Waals surface area (Å²) in [5.41, 5.74) is 6.75. The monoisotopic (exact) mass is 253 g/mol. The van der Waals surface area contributed by atoms with Gasteiger partial charge in [0, 0.05) is 12.5 Å². The fraction of sp³-hybridized carbons (Fsp3) is 0.0714. The second kappa shape index (κ2) is 5.65. The standard InChI is InChI=1S/C14H11N3O2/c1-10(18)19-13-7-3-11(4-8-13)2-5-12-6-9-14(15)17-16-12/h3-4,6-9H,1H3,(H2,15,17). The molecule has 0 atom stereocenters. The highest BCUT2D eigenvalue weighted by Crippen LogP contribution is 2.11. The van der Waals surface area contributed by atoms with Gasteiger partial charge < -0.3 is 10.5 Å². The lowest BCUT2D eigenvalue weighted by Crippen LogP contribution is -2.00. The maximum atomic E-state index is 10.8. The molecule has 0 fully saturated rings. The number of rotatable bonds is 1. The fourth-order valence-electron chi connectivity index (χ4n) is 1.32. The Labute approximate surface area is 110 Å². The zero-order valence-corrected chi connectivity index (χ0v) is 10.3. The second-order valence-corrected chi connectivity index (χ2v) is 3.71. The number of esters is 1. The summed E-state index contributed by atoms with van der Waals surface area (Å²) in [4.78, 5) is 10.8. The van der Waals surface area contributed by atoms with Crippen LogP contribution in [0.25, 0.3) is 0 Å². The minimum absolute atomic E-state index is 0.351. The molecule has 0 aliphatic heterocycles. The summed E-state index contributed by atoms with van der Waals surface area (Å²) < 4.78 is 4.92. The molecule has 0 bridgehead atoms. The molecule has 0 radical (unpaired) electrons. The van der Waals surface area contributed by atoms with E-state index in [1.807, 2.05) is 0 Å². The number of benzene rings is 1. The molecular weight excluding hydrogens is 242 g/mol. The van der Waals surface area contributed by atoms with E-state index in [9.17, 15) is 4.79 Å². The molecule has 2 rings (SSSR count). The molecule has 2 N–H and O–H groups in total. The quantitative estimate of drug-likeness (QED) is 0.472. The molecule has 0 spiro atoms. The van der Waals surface area contributed by atoms with Crippen molar-refractivity contribution < 1.29 is 9.53 Å². The summed E-state index contributed by atoms with van der Waals surface area (Å²) in [6.07, 6.45) is 0. The average Bonchev–Trinajstić information content (AvgIpc) is 2.39. The van der Waals surface area contributed by atoms with E-state index < -0.39 is 0 Å². The molecule has 0 aliphatic rings. The van der Waals surface area contributed by atoms with E-state index in [2.05, 4.69) is 22.0 Å². The van der Waals surface area contributed by atoms with Crippen molar-refractivity contribution in [2.75, 3.05) is 5.73 Å². The summed E-state index contributed by atoms with van der Waals surface area (Å²) in [6.45, 7) is 1.35. The molecule has 0 aliphatic carbocycles. The van der Waals surface area contributed by atoms with Crippen LogP contribution in [-0.4, -0.2) is 16.2 Å². The molecule has 0 amide bonds. The van der Waals surface area contributed by atoms with Crippen molar-refractivity contribution in [3.8, 4) is 17.6 Å². The SMILES string of the molecule is CC(=O)Oc1ccc(C#Cc2ccc(N)nn2)cc1. The van der Waals surface area contributed by atoms with Gasteiger partial charge in [-0.2, -0.15) is 0 Å². The predicted molar refractivity (Wildman–Crippen MR) is 70.2 cm³/mol. The molecule has 5 heteroatoms. The van der Waals surface area contributed by atoms with E-state index in [1.165, 1.54) is 6.92 Å².